The highest BCUT2D eigenvalue weighted by Gasteiger charge is 2.07. The monoisotopic (exact) mass is 437 g/mol. The van der Waals surface area contributed by atoms with E-state index in [9.17, 15) is 0 Å². The maximum absolute atomic E-state index is 6.08. The molecule has 32 heavy (non-hydrogen) atoms. The van der Waals surface area contributed by atoms with E-state index in [1.807, 2.05) is 26.0 Å². The molecule has 0 saturated heterocycles. The molecule has 174 valence electrons. The first-order chi connectivity index (χ1) is 15.5. The Balaban J connectivity index is 1.62. The molecule has 2 aromatic rings. The maximum atomic E-state index is 6.08. The second-order valence-corrected chi connectivity index (χ2v) is 8.19. The van der Waals surface area contributed by atoms with Crippen LogP contribution >= 0.6 is 0 Å². The summed E-state index contributed by atoms with van der Waals surface area (Å²) in [7, 11) is 1.58. The van der Waals surface area contributed by atoms with Gasteiger partial charge in [-0.2, -0.15) is 0 Å². The molecule has 0 amide bonds. The first-order valence-electron chi connectivity index (χ1n) is 11.7. The van der Waals surface area contributed by atoms with E-state index in [1.54, 1.807) is 7.11 Å². The molecule has 0 saturated carbocycles. The Bertz CT molecular complexity index is 846. The fourth-order valence-electron chi connectivity index (χ4n) is 3.70. The van der Waals surface area contributed by atoms with Crippen LogP contribution < -0.4 is 9.47 Å². The van der Waals surface area contributed by atoms with Crippen molar-refractivity contribution < 1.29 is 14.3 Å². The zero-order valence-electron chi connectivity index (χ0n) is 20.4. The lowest BCUT2D eigenvalue weighted by atomic mass is 10.0. The van der Waals surface area contributed by atoms with Crippen molar-refractivity contribution in [1.29, 1.82) is 0 Å². The smallest absolute Gasteiger partial charge is 0.125 e. The third-order valence-electron chi connectivity index (χ3n) is 5.47. The van der Waals surface area contributed by atoms with Gasteiger partial charge in [0.15, 0.2) is 0 Å². The number of hydrogen-bond acceptors (Lipinski definition) is 4. The topological polar surface area (TPSA) is 40.0 Å². The van der Waals surface area contributed by atoms with Crippen LogP contribution in [0.5, 0.6) is 11.5 Å². The molecule has 0 aliphatic rings. The van der Waals surface area contributed by atoms with Crippen molar-refractivity contribution in [3.63, 3.8) is 0 Å². The first-order valence-corrected chi connectivity index (χ1v) is 11.7. The molecule has 4 nitrogen and oxygen atoms in total. The van der Waals surface area contributed by atoms with Crippen LogP contribution in [-0.4, -0.2) is 26.0 Å². The van der Waals surface area contributed by atoms with Crippen molar-refractivity contribution in [3.05, 3.63) is 70.8 Å². The van der Waals surface area contributed by atoms with E-state index in [0.717, 1.165) is 53.3 Å². The Labute approximate surface area is 194 Å². The summed E-state index contributed by atoms with van der Waals surface area (Å²) in [6.45, 7) is 9.50. The third kappa shape index (κ3) is 8.78. The Morgan fingerprint density at radius 2 is 1.56 bits per heavy atom. The quantitative estimate of drug-likeness (QED) is 0.136. The van der Waals surface area contributed by atoms with Gasteiger partial charge in [-0.05, 0) is 81.3 Å². The van der Waals surface area contributed by atoms with Gasteiger partial charge in [0.25, 0.3) is 0 Å². The van der Waals surface area contributed by atoms with Gasteiger partial charge >= 0.3 is 0 Å². The lowest BCUT2D eigenvalue weighted by Gasteiger charge is -2.14. The van der Waals surface area contributed by atoms with Crippen molar-refractivity contribution in [2.75, 3.05) is 20.3 Å². The predicted molar refractivity (Wildman–Crippen MR) is 134 cm³/mol. The molecular weight excluding hydrogens is 398 g/mol. The minimum atomic E-state index is 0.601. The second kappa shape index (κ2) is 14.3. The molecule has 0 N–H and O–H groups in total. The number of oxime groups is 1. The molecular formula is C28H39NO3. The molecule has 2 aromatic carbocycles. The van der Waals surface area contributed by atoms with Crippen molar-refractivity contribution in [2.45, 2.75) is 66.2 Å². The molecule has 2 rings (SSSR count). The molecule has 0 atom stereocenters. The molecule has 0 heterocycles. The van der Waals surface area contributed by atoms with E-state index >= 15 is 0 Å². The Kier molecular flexibility index (Phi) is 11.4. The zero-order chi connectivity index (χ0) is 23.2. The van der Waals surface area contributed by atoms with E-state index in [4.69, 9.17) is 14.3 Å². The highest BCUT2D eigenvalue weighted by molar-refractivity contribution is 5.98. The molecule has 0 aromatic heterocycles. The fourth-order valence-corrected chi connectivity index (χ4v) is 3.70. The highest BCUT2D eigenvalue weighted by atomic mass is 16.6. The number of ether oxygens (including phenoxy) is 2. The van der Waals surface area contributed by atoms with Crippen LogP contribution in [0.2, 0.25) is 0 Å². The van der Waals surface area contributed by atoms with E-state index in [1.165, 1.54) is 31.2 Å². The number of benzene rings is 2. The summed E-state index contributed by atoms with van der Waals surface area (Å²) in [5.41, 5.74) is 5.66. The lowest BCUT2D eigenvalue weighted by Crippen LogP contribution is -2.02. The molecule has 0 spiro atoms. The number of unbranched alkanes of at least 4 members (excludes halogenated alkanes) is 4. The summed E-state index contributed by atoms with van der Waals surface area (Å²) in [6, 6.07) is 12.7. The van der Waals surface area contributed by atoms with Crippen LogP contribution in [-0.2, 0) is 11.3 Å². The molecule has 4 heteroatoms. The summed E-state index contributed by atoms with van der Waals surface area (Å²) >= 11 is 0. The van der Waals surface area contributed by atoms with Crippen LogP contribution in [0.4, 0.5) is 0 Å². The van der Waals surface area contributed by atoms with Crippen LogP contribution in [0.15, 0.2) is 53.7 Å². The summed E-state index contributed by atoms with van der Waals surface area (Å²) in [6.07, 6.45) is 11.1. The number of aryl methyl sites for hydroxylation is 3. The van der Waals surface area contributed by atoms with Gasteiger partial charge in [-0.1, -0.05) is 60.8 Å². The van der Waals surface area contributed by atoms with Gasteiger partial charge in [-0.3, -0.25) is 0 Å². The van der Waals surface area contributed by atoms with E-state index in [2.05, 4.69) is 55.4 Å². The normalized spacial score (nSPS) is 11.7. The van der Waals surface area contributed by atoms with Crippen molar-refractivity contribution >= 4 is 5.71 Å². The Hall–Kier alpha value is -2.75. The van der Waals surface area contributed by atoms with Gasteiger partial charge in [-0.25, -0.2) is 0 Å². The molecule has 0 bridgehead atoms. The van der Waals surface area contributed by atoms with Gasteiger partial charge < -0.3 is 14.3 Å². The average Bonchev–Trinajstić information content (AvgIpc) is 2.78. The van der Waals surface area contributed by atoms with Crippen LogP contribution in [0.1, 0.15) is 68.2 Å². The van der Waals surface area contributed by atoms with Gasteiger partial charge in [0.1, 0.15) is 25.2 Å². The fraction of sp³-hybridized carbons (Fsp3) is 0.464. The summed E-state index contributed by atoms with van der Waals surface area (Å²) in [4.78, 5) is 4.84. The number of nitrogens with zero attached hydrogens (tertiary/aromatic N) is 1. The maximum Gasteiger partial charge on any atom is 0.125 e. The second-order valence-electron chi connectivity index (χ2n) is 8.19. The molecule has 0 radical (unpaired) electrons. The minimum absolute atomic E-state index is 0.601. The number of rotatable bonds is 14. The molecule has 0 fully saturated rings. The third-order valence-corrected chi connectivity index (χ3v) is 5.47. The highest BCUT2D eigenvalue weighted by Crippen LogP contribution is 2.28. The zero-order valence-corrected chi connectivity index (χ0v) is 20.4. The van der Waals surface area contributed by atoms with E-state index < -0.39 is 0 Å². The molecule has 0 unspecified atom stereocenters. The van der Waals surface area contributed by atoms with Gasteiger partial charge in [0.05, 0.1) is 12.3 Å². The standard InChI is InChI=1S/C28H39NO3/c1-6-7-18-31-27-20-22(2)28(23(3)21-27)32-19-12-10-8-9-11-13-25-14-16-26(17-15-25)24(4)29-30-5/h6-7,14-17,20-21H,8-13,18-19H2,1-5H3/b7-6+,29-24?. The van der Waals surface area contributed by atoms with Gasteiger partial charge in [0, 0.05) is 0 Å². The van der Waals surface area contributed by atoms with Gasteiger partial charge in [-0.15, -0.1) is 0 Å². The van der Waals surface area contributed by atoms with E-state index in [0.29, 0.717) is 6.61 Å². The van der Waals surface area contributed by atoms with Crippen LogP contribution in [0.3, 0.4) is 0 Å². The molecule has 0 aliphatic heterocycles. The number of hydrogen-bond donors (Lipinski definition) is 0. The Morgan fingerprint density at radius 3 is 2.22 bits per heavy atom. The lowest BCUT2D eigenvalue weighted by molar-refractivity contribution is 0.213. The largest absolute Gasteiger partial charge is 0.493 e. The minimum Gasteiger partial charge on any atom is -0.493 e. The summed E-state index contributed by atoms with van der Waals surface area (Å²) < 4.78 is 11.8. The average molecular weight is 438 g/mol. The van der Waals surface area contributed by atoms with Crippen LogP contribution in [0, 0.1) is 13.8 Å². The van der Waals surface area contributed by atoms with E-state index in [-0.39, 0.29) is 0 Å². The van der Waals surface area contributed by atoms with Crippen molar-refractivity contribution in [2.24, 2.45) is 5.16 Å². The molecule has 0 aliphatic carbocycles. The summed E-state index contributed by atoms with van der Waals surface area (Å²) in [5, 5.41) is 3.98. The van der Waals surface area contributed by atoms with Crippen molar-refractivity contribution in [3.8, 4) is 11.5 Å². The van der Waals surface area contributed by atoms with Crippen LogP contribution in [0.25, 0.3) is 0 Å². The van der Waals surface area contributed by atoms with Crippen molar-refractivity contribution in [1.82, 2.24) is 0 Å². The van der Waals surface area contributed by atoms with Gasteiger partial charge in [0.2, 0.25) is 0 Å². The Morgan fingerprint density at radius 1 is 0.906 bits per heavy atom. The SMILES string of the molecule is C/C=C/COc1cc(C)c(OCCCCCCCc2ccc(C(C)=NOC)cc2)c(C)c1. The predicted octanol–water partition coefficient (Wildman–Crippen LogP) is 7.20. The number of allylic oxidation sites excluding steroid dienone is 1. The summed E-state index contributed by atoms with van der Waals surface area (Å²) in [5.74, 6) is 1.90. The first kappa shape index (κ1) is 25.5.